The maximum atomic E-state index is 13.1. The lowest BCUT2D eigenvalue weighted by Gasteiger charge is -2.37. The van der Waals surface area contributed by atoms with Crippen LogP contribution in [0.15, 0.2) is 36.4 Å². The summed E-state index contributed by atoms with van der Waals surface area (Å²) < 4.78 is 0. The molecule has 1 aliphatic rings. The number of hydrogen-bond acceptors (Lipinski definition) is 3. The van der Waals surface area contributed by atoms with E-state index in [1.165, 1.54) is 11.1 Å². The fourth-order valence-electron chi connectivity index (χ4n) is 3.44. The third-order valence-electron chi connectivity index (χ3n) is 4.64. The minimum atomic E-state index is 0. The molecule has 0 spiro atoms. The molecule has 1 aromatic carbocycles. The number of benzene rings is 1. The molecule has 1 unspecified atom stereocenters. The first kappa shape index (κ1) is 18.4. The zero-order chi connectivity index (χ0) is 16.4. The quantitative estimate of drug-likeness (QED) is 0.927. The second-order valence-electron chi connectivity index (χ2n) is 6.01. The summed E-state index contributed by atoms with van der Waals surface area (Å²) in [5.41, 5.74) is 10.5. The minimum absolute atomic E-state index is 0. The van der Waals surface area contributed by atoms with Crippen molar-refractivity contribution >= 4 is 18.3 Å². The van der Waals surface area contributed by atoms with Crippen LogP contribution in [0, 0.1) is 6.92 Å². The van der Waals surface area contributed by atoms with Crippen LogP contribution in [0.25, 0.3) is 0 Å². The zero-order valence-electron chi connectivity index (χ0n) is 14.2. The van der Waals surface area contributed by atoms with E-state index in [1.54, 1.807) is 0 Å². The topological polar surface area (TPSA) is 59.2 Å². The summed E-state index contributed by atoms with van der Waals surface area (Å²) in [6, 6.07) is 12.3. The van der Waals surface area contributed by atoms with Gasteiger partial charge in [-0.05, 0) is 43.0 Å². The highest BCUT2D eigenvalue weighted by molar-refractivity contribution is 5.95. The summed E-state index contributed by atoms with van der Waals surface area (Å²) in [6.07, 6.45) is 1.82. The van der Waals surface area contributed by atoms with Crippen molar-refractivity contribution in [2.24, 2.45) is 5.73 Å². The maximum absolute atomic E-state index is 13.1. The highest BCUT2D eigenvalue weighted by Gasteiger charge is 2.30. The summed E-state index contributed by atoms with van der Waals surface area (Å²) in [7, 11) is 0. The Kier molecular flexibility index (Phi) is 5.97. The van der Waals surface area contributed by atoms with E-state index in [9.17, 15) is 4.79 Å². The Bertz CT molecular complexity index is 732. The van der Waals surface area contributed by atoms with Crippen molar-refractivity contribution < 1.29 is 4.79 Å². The van der Waals surface area contributed by atoms with Gasteiger partial charge in [0.15, 0.2) is 0 Å². The molecule has 1 aliphatic heterocycles. The van der Waals surface area contributed by atoms with Gasteiger partial charge in [0.05, 0.1) is 23.0 Å². The number of aryl methyl sites for hydroxylation is 1. The van der Waals surface area contributed by atoms with Crippen LogP contribution in [0.3, 0.4) is 0 Å². The smallest absolute Gasteiger partial charge is 0.256 e. The molecule has 1 amide bonds. The molecule has 128 valence electrons. The summed E-state index contributed by atoms with van der Waals surface area (Å²) in [5, 5.41) is 0. The average Bonchev–Trinajstić information content (AvgIpc) is 2.59. The summed E-state index contributed by atoms with van der Waals surface area (Å²) >= 11 is 0. The Balaban J connectivity index is 0.00000208. The number of nitrogens with zero attached hydrogens (tertiary/aromatic N) is 2. The molecule has 2 N–H and O–H groups in total. The molecule has 1 atom stereocenters. The van der Waals surface area contributed by atoms with E-state index in [1.807, 2.05) is 24.0 Å². The molecule has 0 aliphatic carbocycles. The lowest BCUT2D eigenvalue weighted by atomic mass is 9.90. The van der Waals surface area contributed by atoms with Crippen LogP contribution >= 0.6 is 12.4 Å². The van der Waals surface area contributed by atoms with E-state index in [2.05, 4.69) is 36.2 Å². The van der Waals surface area contributed by atoms with Gasteiger partial charge in [0.1, 0.15) is 0 Å². The van der Waals surface area contributed by atoms with Crippen LogP contribution in [-0.4, -0.2) is 22.3 Å². The van der Waals surface area contributed by atoms with E-state index in [0.29, 0.717) is 12.1 Å². The van der Waals surface area contributed by atoms with Gasteiger partial charge in [-0.1, -0.05) is 31.2 Å². The molecule has 0 saturated heterocycles. The molecule has 24 heavy (non-hydrogen) atoms. The number of pyridine rings is 1. The van der Waals surface area contributed by atoms with Gasteiger partial charge in [0, 0.05) is 13.1 Å². The molecule has 2 aromatic rings. The number of hydrogen-bond donors (Lipinski definition) is 1. The summed E-state index contributed by atoms with van der Waals surface area (Å²) in [6.45, 7) is 5.16. The zero-order valence-corrected chi connectivity index (χ0v) is 15.0. The average molecular weight is 346 g/mol. The highest BCUT2D eigenvalue weighted by atomic mass is 35.5. The molecular weight excluding hydrogens is 322 g/mol. The normalized spacial score (nSPS) is 16.3. The molecule has 2 heterocycles. The Morgan fingerprint density at radius 2 is 2.04 bits per heavy atom. The SMILES string of the molecule is CCC1c2ccccc2CCN1C(=O)c1ccc(CN)nc1C.Cl. The summed E-state index contributed by atoms with van der Waals surface area (Å²) in [5.74, 6) is 0.0694. The molecule has 5 heteroatoms. The van der Waals surface area contributed by atoms with Crippen molar-refractivity contribution in [1.29, 1.82) is 0 Å². The van der Waals surface area contributed by atoms with Crippen molar-refractivity contribution in [2.45, 2.75) is 39.3 Å². The number of amides is 1. The highest BCUT2D eigenvalue weighted by Crippen LogP contribution is 2.33. The second-order valence-corrected chi connectivity index (χ2v) is 6.01. The van der Waals surface area contributed by atoms with Gasteiger partial charge in [-0.15, -0.1) is 12.4 Å². The van der Waals surface area contributed by atoms with Crippen molar-refractivity contribution in [3.63, 3.8) is 0 Å². The van der Waals surface area contributed by atoms with E-state index in [0.717, 1.165) is 30.8 Å². The van der Waals surface area contributed by atoms with Crippen molar-refractivity contribution in [2.75, 3.05) is 6.54 Å². The second kappa shape index (κ2) is 7.77. The van der Waals surface area contributed by atoms with Gasteiger partial charge >= 0.3 is 0 Å². The van der Waals surface area contributed by atoms with Crippen LogP contribution in [0.4, 0.5) is 0 Å². The molecule has 4 nitrogen and oxygen atoms in total. The largest absolute Gasteiger partial charge is 0.331 e. The molecule has 0 bridgehead atoms. The van der Waals surface area contributed by atoms with E-state index in [4.69, 9.17) is 5.73 Å². The van der Waals surface area contributed by atoms with Gasteiger partial charge < -0.3 is 10.6 Å². The van der Waals surface area contributed by atoms with Gasteiger partial charge in [-0.25, -0.2) is 0 Å². The van der Waals surface area contributed by atoms with E-state index >= 15 is 0 Å². The number of halogens is 1. The van der Waals surface area contributed by atoms with Gasteiger partial charge in [-0.3, -0.25) is 9.78 Å². The molecule has 1 aromatic heterocycles. The maximum Gasteiger partial charge on any atom is 0.256 e. The van der Waals surface area contributed by atoms with Gasteiger partial charge in [-0.2, -0.15) is 0 Å². The number of nitrogens with two attached hydrogens (primary N) is 1. The first-order valence-electron chi connectivity index (χ1n) is 8.21. The number of carbonyl (C=O) groups is 1. The Morgan fingerprint density at radius 1 is 1.29 bits per heavy atom. The molecule has 0 saturated carbocycles. The van der Waals surface area contributed by atoms with Crippen molar-refractivity contribution in [1.82, 2.24) is 9.88 Å². The van der Waals surface area contributed by atoms with E-state index in [-0.39, 0.29) is 24.4 Å². The Labute approximate surface area is 149 Å². The van der Waals surface area contributed by atoms with Crippen LogP contribution < -0.4 is 5.73 Å². The Hall–Kier alpha value is -1.91. The number of aromatic nitrogens is 1. The minimum Gasteiger partial charge on any atom is -0.331 e. The van der Waals surface area contributed by atoms with Gasteiger partial charge in [0.25, 0.3) is 5.91 Å². The predicted molar refractivity (Wildman–Crippen MR) is 98.3 cm³/mol. The first-order chi connectivity index (χ1) is 11.2. The van der Waals surface area contributed by atoms with Crippen LogP contribution in [0.1, 0.15) is 52.3 Å². The fourth-order valence-corrected chi connectivity index (χ4v) is 3.44. The number of carbonyl (C=O) groups excluding carboxylic acids is 1. The summed E-state index contributed by atoms with van der Waals surface area (Å²) in [4.78, 5) is 19.5. The van der Waals surface area contributed by atoms with Crippen LogP contribution in [-0.2, 0) is 13.0 Å². The number of rotatable bonds is 3. The lowest BCUT2D eigenvalue weighted by Crippen LogP contribution is -2.40. The first-order valence-corrected chi connectivity index (χ1v) is 8.21. The van der Waals surface area contributed by atoms with Crippen LogP contribution in [0.2, 0.25) is 0 Å². The number of fused-ring (bicyclic) bond motifs is 1. The van der Waals surface area contributed by atoms with Crippen molar-refractivity contribution in [3.05, 3.63) is 64.5 Å². The molecule has 3 rings (SSSR count). The standard InChI is InChI=1S/C19H23N3O.ClH/c1-3-18-17-7-5-4-6-14(17)10-11-22(18)19(23)16-9-8-15(12-20)21-13(16)2;/h4-9,18H,3,10-12,20H2,1-2H3;1H. The Morgan fingerprint density at radius 3 is 2.71 bits per heavy atom. The molecule has 0 radical (unpaired) electrons. The molecular formula is C19H24ClN3O. The van der Waals surface area contributed by atoms with E-state index < -0.39 is 0 Å². The third-order valence-corrected chi connectivity index (χ3v) is 4.64. The van der Waals surface area contributed by atoms with Crippen LogP contribution in [0.5, 0.6) is 0 Å². The third kappa shape index (κ3) is 3.30. The fraction of sp³-hybridized carbons (Fsp3) is 0.368. The molecule has 0 fully saturated rings. The monoisotopic (exact) mass is 345 g/mol. The predicted octanol–water partition coefficient (Wildman–Crippen LogP) is 3.42. The lowest BCUT2D eigenvalue weighted by molar-refractivity contribution is 0.0654. The van der Waals surface area contributed by atoms with Gasteiger partial charge in [0.2, 0.25) is 0 Å². The van der Waals surface area contributed by atoms with Crippen molar-refractivity contribution in [3.8, 4) is 0 Å².